The fourth-order valence-corrected chi connectivity index (χ4v) is 4.47. The quantitative estimate of drug-likeness (QED) is 0.386. The summed E-state index contributed by atoms with van der Waals surface area (Å²) in [7, 11) is 0. The maximum absolute atomic E-state index is 13.2. The van der Waals surface area contributed by atoms with Crippen LogP contribution in [0.25, 0.3) is 5.65 Å². The fraction of sp³-hybridized carbons (Fsp3) is 0.360. The van der Waals surface area contributed by atoms with Crippen LogP contribution in [-0.4, -0.2) is 43.7 Å². The van der Waals surface area contributed by atoms with Crippen LogP contribution in [0.2, 0.25) is 0 Å². The van der Waals surface area contributed by atoms with Gasteiger partial charge in [0.1, 0.15) is 23.9 Å². The predicted octanol–water partition coefficient (Wildman–Crippen LogP) is 4.95. The van der Waals surface area contributed by atoms with Crippen LogP contribution >= 0.6 is 0 Å². The van der Waals surface area contributed by atoms with Crippen LogP contribution in [0.1, 0.15) is 57.5 Å². The lowest BCUT2D eigenvalue weighted by Gasteiger charge is -2.32. The van der Waals surface area contributed by atoms with Gasteiger partial charge in [0, 0.05) is 30.8 Å². The van der Waals surface area contributed by atoms with E-state index in [-0.39, 0.29) is 11.8 Å². The highest BCUT2D eigenvalue weighted by Gasteiger charge is 2.33. The molecule has 188 valence electrons. The molecule has 4 aromatic rings. The first-order valence-electron chi connectivity index (χ1n) is 11.6. The van der Waals surface area contributed by atoms with Crippen molar-refractivity contribution in [3.05, 3.63) is 76.6 Å². The maximum atomic E-state index is 13.2. The zero-order valence-electron chi connectivity index (χ0n) is 19.7. The summed E-state index contributed by atoms with van der Waals surface area (Å²) in [5.41, 5.74) is 1.74. The molecule has 0 N–H and O–H groups in total. The van der Waals surface area contributed by atoms with Gasteiger partial charge in [-0.1, -0.05) is 5.16 Å². The zero-order chi connectivity index (χ0) is 25.4. The molecule has 1 aliphatic rings. The van der Waals surface area contributed by atoms with Gasteiger partial charge in [-0.15, -0.1) is 10.2 Å². The Hall–Kier alpha value is -3.89. The van der Waals surface area contributed by atoms with Crippen LogP contribution in [0, 0.1) is 13.8 Å². The van der Waals surface area contributed by atoms with E-state index in [2.05, 4.69) is 15.4 Å². The van der Waals surface area contributed by atoms with Gasteiger partial charge in [0.15, 0.2) is 5.65 Å². The smallest absolute Gasteiger partial charge is 0.417 e. The lowest BCUT2D eigenvalue weighted by molar-refractivity contribution is -0.137. The van der Waals surface area contributed by atoms with Crippen molar-refractivity contribution in [1.29, 1.82) is 0 Å². The van der Waals surface area contributed by atoms with E-state index in [0.717, 1.165) is 23.5 Å². The normalized spacial score (nSPS) is 16.5. The van der Waals surface area contributed by atoms with Gasteiger partial charge in [-0.3, -0.25) is 9.20 Å². The molecule has 3 aromatic heterocycles. The van der Waals surface area contributed by atoms with Crippen molar-refractivity contribution in [2.24, 2.45) is 0 Å². The van der Waals surface area contributed by atoms with E-state index in [1.54, 1.807) is 29.2 Å². The Balaban J connectivity index is 1.28. The summed E-state index contributed by atoms with van der Waals surface area (Å²) in [5.74, 6) is 1.37. The van der Waals surface area contributed by atoms with Gasteiger partial charge < -0.3 is 14.2 Å². The highest BCUT2D eigenvalue weighted by molar-refractivity contribution is 5.94. The van der Waals surface area contributed by atoms with Gasteiger partial charge in [-0.2, -0.15) is 13.2 Å². The number of rotatable bonds is 5. The van der Waals surface area contributed by atoms with E-state index in [1.165, 1.54) is 10.5 Å². The summed E-state index contributed by atoms with van der Waals surface area (Å²) in [5, 5.41) is 12.1. The van der Waals surface area contributed by atoms with Crippen LogP contribution in [0.4, 0.5) is 13.2 Å². The van der Waals surface area contributed by atoms with Crippen molar-refractivity contribution in [2.75, 3.05) is 13.1 Å². The van der Waals surface area contributed by atoms with E-state index < -0.39 is 11.7 Å². The van der Waals surface area contributed by atoms with Gasteiger partial charge >= 0.3 is 6.18 Å². The Morgan fingerprint density at radius 2 is 1.92 bits per heavy atom. The first-order chi connectivity index (χ1) is 17.2. The Bertz CT molecular complexity index is 1370. The second kappa shape index (κ2) is 9.29. The minimum Gasteiger partial charge on any atom is -0.489 e. The van der Waals surface area contributed by atoms with Crippen LogP contribution in [0.15, 0.2) is 47.1 Å². The molecule has 1 amide bonds. The van der Waals surface area contributed by atoms with Crippen LogP contribution in [0.5, 0.6) is 5.75 Å². The van der Waals surface area contributed by atoms with Crippen LogP contribution < -0.4 is 4.74 Å². The second-order valence-electron chi connectivity index (χ2n) is 8.91. The number of hydrogen-bond acceptors (Lipinski definition) is 6. The molecule has 5 rings (SSSR count). The van der Waals surface area contributed by atoms with Gasteiger partial charge in [-0.25, -0.2) is 0 Å². The fourth-order valence-electron chi connectivity index (χ4n) is 4.47. The number of piperidine rings is 1. The summed E-state index contributed by atoms with van der Waals surface area (Å²) < 4.78 is 52.0. The third-order valence-electron chi connectivity index (χ3n) is 6.50. The Kier molecular flexibility index (Phi) is 6.15. The zero-order valence-corrected chi connectivity index (χ0v) is 19.7. The molecule has 1 saturated heterocycles. The number of ether oxygens (including phenoxy) is 1. The molecule has 1 aromatic carbocycles. The number of fused-ring (bicyclic) bond motifs is 1. The van der Waals surface area contributed by atoms with Gasteiger partial charge in [0.2, 0.25) is 0 Å². The average molecular weight is 499 g/mol. The number of benzene rings is 1. The van der Waals surface area contributed by atoms with Gasteiger partial charge in [-0.05, 0) is 63.1 Å². The number of carbonyl (C=O) groups is 1. The van der Waals surface area contributed by atoms with Crippen molar-refractivity contribution in [2.45, 2.75) is 45.4 Å². The number of likely N-dealkylation sites (tertiary alicyclic amines) is 1. The third kappa shape index (κ3) is 4.65. The summed E-state index contributed by atoms with van der Waals surface area (Å²) in [6.07, 6.45) is -2.03. The molecule has 8 nitrogen and oxygen atoms in total. The lowest BCUT2D eigenvalue weighted by atomic mass is 9.96. The van der Waals surface area contributed by atoms with Crippen LogP contribution in [0.3, 0.4) is 0 Å². The number of nitrogens with zero attached hydrogens (tertiary/aromatic N) is 5. The highest BCUT2D eigenvalue weighted by Crippen LogP contribution is 2.32. The number of pyridine rings is 1. The summed E-state index contributed by atoms with van der Waals surface area (Å²) in [4.78, 5) is 14.9. The molecule has 0 spiro atoms. The molecule has 1 aliphatic heterocycles. The Morgan fingerprint density at radius 3 is 2.61 bits per heavy atom. The number of hydrogen-bond donors (Lipinski definition) is 0. The van der Waals surface area contributed by atoms with Crippen molar-refractivity contribution in [1.82, 2.24) is 24.7 Å². The molecule has 0 aliphatic carbocycles. The number of aromatic nitrogens is 4. The molecule has 11 heteroatoms. The molecule has 0 bridgehead atoms. The van der Waals surface area contributed by atoms with E-state index in [0.29, 0.717) is 61.1 Å². The minimum atomic E-state index is -4.47. The number of aryl methyl sites for hydroxylation is 2. The van der Waals surface area contributed by atoms with Crippen molar-refractivity contribution in [3.63, 3.8) is 0 Å². The van der Waals surface area contributed by atoms with E-state index in [1.807, 2.05) is 13.8 Å². The first kappa shape index (κ1) is 23.8. The SMILES string of the molecule is Cc1noc(C)c1COc1ccc(C(=O)N2CCCC(c3nnc4ccc(C(F)(F)F)cn34)C2)cc1. The molecule has 36 heavy (non-hydrogen) atoms. The highest BCUT2D eigenvalue weighted by atomic mass is 19.4. The minimum absolute atomic E-state index is 0.151. The van der Waals surface area contributed by atoms with Gasteiger partial charge in [0.05, 0.1) is 16.8 Å². The molecule has 0 saturated carbocycles. The topological polar surface area (TPSA) is 85.8 Å². The monoisotopic (exact) mass is 499 g/mol. The third-order valence-corrected chi connectivity index (χ3v) is 6.50. The van der Waals surface area contributed by atoms with E-state index in [4.69, 9.17) is 9.26 Å². The Labute approximate surface area is 204 Å². The molecule has 0 radical (unpaired) electrons. The number of alkyl halides is 3. The summed E-state index contributed by atoms with van der Waals surface area (Å²) >= 11 is 0. The predicted molar refractivity (Wildman–Crippen MR) is 123 cm³/mol. The molecule has 1 unspecified atom stereocenters. The first-order valence-corrected chi connectivity index (χ1v) is 11.6. The molecule has 1 atom stereocenters. The summed E-state index contributed by atoms with van der Waals surface area (Å²) in [6.45, 7) is 4.89. The van der Waals surface area contributed by atoms with Crippen molar-refractivity contribution < 1.29 is 27.2 Å². The van der Waals surface area contributed by atoms with Crippen LogP contribution in [-0.2, 0) is 12.8 Å². The lowest BCUT2D eigenvalue weighted by Crippen LogP contribution is -2.39. The van der Waals surface area contributed by atoms with E-state index >= 15 is 0 Å². The molecule has 1 fully saturated rings. The van der Waals surface area contributed by atoms with Crippen molar-refractivity contribution in [3.8, 4) is 5.75 Å². The maximum Gasteiger partial charge on any atom is 0.417 e. The molecule has 4 heterocycles. The second-order valence-corrected chi connectivity index (χ2v) is 8.91. The summed E-state index contributed by atoms with van der Waals surface area (Å²) in [6, 6.07) is 9.18. The Morgan fingerprint density at radius 1 is 1.14 bits per heavy atom. The van der Waals surface area contributed by atoms with Crippen molar-refractivity contribution >= 4 is 11.6 Å². The molecular weight excluding hydrogens is 475 g/mol. The number of amides is 1. The van der Waals surface area contributed by atoms with E-state index in [9.17, 15) is 18.0 Å². The molecular formula is C25H24F3N5O3. The van der Waals surface area contributed by atoms with Gasteiger partial charge in [0.25, 0.3) is 5.91 Å². The number of carbonyl (C=O) groups excluding carboxylic acids is 1. The number of halogens is 3. The average Bonchev–Trinajstić information content (AvgIpc) is 3.44. The standard InChI is InChI=1S/C25H24F3N5O3/c1-15-21(16(2)36-31-15)14-35-20-8-5-17(6-9-20)24(34)32-11-3-4-18(12-32)23-30-29-22-10-7-19(13-33(22)23)25(26,27)28/h5-10,13,18H,3-4,11-12,14H2,1-2H3. The largest absolute Gasteiger partial charge is 0.489 e.